The van der Waals surface area contributed by atoms with Crippen molar-refractivity contribution in [2.45, 2.75) is 26.8 Å². The molecule has 0 spiro atoms. The van der Waals surface area contributed by atoms with Crippen molar-refractivity contribution < 1.29 is 4.74 Å². The molecule has 1 aromatic carbocycles. The van der Waals surface area contributed by atoms with E-state index in [0.29, 0.717) is 5.88 Å². The van der Waals surface area contributed by atoms with Gasteiger partial charge in [-0.25, -0.2) is 9.97 Å². The quantitative estimate of drug-likeness (QED) is 0.726. The molecule has 0 amide bonds. The first-order chi connectivity index (χ1) is 11.7. The molecule has 24 heavy (non-hydrogen) atoms. The van der Waals surface area contributed by atoms with E-state index in [1.807, 2.05) is 6.20 Å². The standard InChI is InChI=1S/C19H20N4O/c1-12-4-5-14-17(6-8-20-18(14)13(12)2)23-9-7-16-15(10-23)19(24-3)22-11-21-16/h4-6,8,11H,7,9-10H2,1-3H3. The van der Waals surface area contributed by atoms with Crippen molar-refractivity contribution in [3.05, 3.63) is 53.1 Å². The zero-order valence-electron chi connectivity index (χ0n) is 14.2. The normalized spacial score (nSPS) is 13.9. The van der Waals surface area contributed by atoms with Crippen LogP contribution in [-0.4, -0.2) is 28.6 Å². The van der Waals surface area contributed by atoms with Gasteiger partial charge in [-0.2, -0.15) is 0 Å². The molecule has 0 atom stereocenters. The molecule has 0 fully saturated rings. The number of hydrogen-bond donors (Lipinski definition) is 0. The van der Waals surface area contributed by atoms with Crippen LogP contribution in [0.25, 0.3) is 10.9 Å². The molecule has 1 aliphatic rings. The molecule has 0 N–H and O–H groups in total. The Hall–Kier alpha value is -2.69. The largest absolute Gasteiger partial charge is 0.481 e. The van der Waals surface area contributed by atoms with Crippen molar-refractivity contribution in [3.63, 3.8) is 0 Å². The van der Waals surface area contributed by atoms with Gasteiger partial charge in [0, 0.05) is 30.2 Å². The van der Waals surface area contributed by atoms with Crippen LogP contribution in [0.3, 0.4) is 0 Å². The van der Waals surface area contributed by atoms with Gasteiger partial charge in [-0.15, -0.1) is 0 Å². The van der Waals surface area contributed by atoms with Crippen LogP contribution in [0, 0.1) is 13.8 Å². The second kappa shape index (κ2) is 5.74. The Morgan fingerprint density at radius 1 is 1.08 bits per heavy atom. The molecule has 0 saturated carbocycles. The lowest BCUT2D eigenvalue weighted by molar-refractivity contribution is 0.387. The second-order valence-corrected chi connectivity index (χ2v) is 6.21. The zero-order valence-corrected chi connectivity index (χ0v) is 14.2. The van der Waals surface area contributed by atoms with Gasteiger partial charge in [0.05, 0.1) is 30.4 Å². The van der Waals surface area contributed by atoms with Gasteiger partial charge in [0.15, 0.2) is 0 Å². The summed E-state index contributed by atoms with van der Waals surface area (Å²) in [5.41, 5.74) is 6.97. The highest BCUT2D eigenvalue weighted by Crippen LogP contribution is 2.33. The molecule has 0 radical (unpaired) electrons. The first-order valence-electron chi connectivity index (χ1n) is 8.15. The molecule has 5 nitrogen and oxygen atoms in total. The van der Waals surface area contributed by atoms with Gasteiger partial charge in [0.25, 0.3) is 0 Å². The fourth-order valence-corrected chi connectivity index (χ4v) is 3.42. The van der Waals surface area contributed by atoms with E-state index in [2.05, 4.69) is 51.9 Å². The molecular weight excluding hydrogens is 300 g/mol. The smallest absolute Gasteiger partial charge is 0.221 e. The molecule has 3 heterocycles. The molecule has 0 bridgehead atoms. The van der Waals surface area contributed by atoms with Crippen LogP contribution < -0.4 is 9.64 Å². The molecule has 2 aromatic heterocycles. The highest BCUT2D eigenvalue weighted by molar-refractivity contribution is 5.94. The summed E-state index contributed by atoms with van der Waals surface area (Å²) >= 11 is 0. The molecule has 0 unspecified atom stereocenters. The maximum absolute atomic E-state index is 5.43. The van der Waals surface area contributed by atoms with Crippen molar-refractivity contribution >= 4 is 16.6 Å². The highest BCUT2D eigenvalue weighted by atomic mass is 16.5. The Morgan fingerprint density at radius 2 is 1.96 bits per heavy atom. The highest BCUT2D eigenvalue weighted by Gasteiger charge is 2.23. The summed E-state index contributed by atoms with van der Waals surface area (Å²) in [6.07, 6.45) is 4.38. The lowest BCUT2D eigenvalue weighted by Gasteiger charge is -2.31. The fourth-order valence-electron chi connectivity index (χ4n) is 3.42. The number of ether oxygens (including phenoxy) is 1. The lowest BCUT2D eigenvalue weighted by atomic mass is 10.0. The number of methoxy groups -OCH3 is 1. The Labute approximate surface area is 141 Å². The van der Waals surface area contributed by atoms with Gasteiger partial charge in [0.1, 0.15) is 6.33 Å². The number of fused-ring (bicyclic) bond motifs is 2. The summed E-state index contributed by atoms with van der Waals surface area (Å²) in [6.45, 7) is 5.95. The third-order valence-electron chi connectivity index (χ3n) is 4.91. The van der Waals surface area contributed by atoms with E-state index in [0.717, 1.165) is 36.3 Å². The van der Waals surface area contributed by atoms with Crippen LogP contribution in [0.4, 0.5) is 5.69 Å². The summed E-state index contributed by atoms with van der Waals surface area (Å²) < 4.78 is 5.43. The van der Waals surface area contributed by atoms with E-state index in [1.54, 1.807) is 13.4 Å². The minimum absolute atomic E-state index is 0.676. The van der Waals surface area contributed by atoms with Crippen molar-refractivity contribution in [1.29, 1.82) is 0 Å². The number of nitrogens with zero attached hydrogens (tertiary/aromatic N) is 4. The maximum atomic E-state index is 5.43. The Bertz CT molecular complexity index is 908. The summed E-state index contributed by atoms with van der Waals surface area (Å²) in [4.78, 5) is 15.6. The third-order valence-corrected chi connectivity index (χ3v) is 4.91. The SMILES string of the molecule is COc1ncnc2c1CN(c1ccnc3c(C)c(C)ccc13)CC2. The van der Waals surface area contributed by atoms with Crippen molar-refractivity contribution in [3.8, 4) is 5.88 Å². The molecule has 0 saturated heterocycles. The van der Waals surface area contributed by atoms with Crippen LogP contribution in [0.5, 0.6) is 5.88 Å². The predicted molar refractivity (Wildman–Crippen MR) is 94.6 cm³/mol. The molecule has 0 aliphatic carbocycles. The minimum atomic E-state index is 0.676. The van der Waals surface area contributed by atoms with Gasteiger partial charge in [-0.1, -0.05) is 12.1 Å². The van der Waals surface area contributed by atoms with Gasteiger partial charge in [-0.05, 0) is 31.0 Å². The minimum Gasteiger partial charge on any atom is -0.481 e. The van der Waals surface area contributed by atoms with Crippen LogP contribution in [0.1, 0.15) is 22.4 Å². The molecular formula is C19H20N4O. The average Bonchev–Trinajstić information content (AvgIpc) is 2.63. The number of hydrogen-bond acceptors (Lipinski definition) is 5. The molecule has 3 aromatic rings. The van der Waals surface area contributed by atoms with Crippen LogP contribution in [-0.2, 0) is 13.0 Å². The summed E-state index contributed by atoms with van der Waals surface area (Å²) in [5, 5.41) is 1.19. The van der Waals surface area contributed by atoms with Gasteiger partial charge in [-0.3, -0.25) is 4.98 Å². The van der Waals surface area contributed by atoms with E-state index >= 15 is 0 Å². The van der Waals surface area contributed by atoms with Gasteiger partial charge in [0.2, 0.25) is 5.88 Å². The monoisotopic (exact) mass is 320 g/mol. The number of benzene rings is 1. The third kappa shape index (κ3) is 2.28. The lowest BCUT2D eigenvalue weighted by Crippen LogP contribution is -2.31. The first-order valence-corrected chi connectivity index (χ1v) is 8.15. The Morgan fingerprint density at radius 3 is 2.79 bits per heavy atom. The number of aromatic nitrogens is 3. The first kappa shape index (κ1) is 14.9. The van der Waals surface area contributed by atoms with Crippen molar-refractivity contribution in [2.24, 2.45) is 0 Å². The number of rotatable bonds is 2. The molecule has 5 heteroatoms. The summed E-state index contributed by atoms with van der Waals surface area (Å²) in [6, 6.07) is 6.44. The molecule has 1 aliphatic heterocycles. The van der Waals surface area contributed by atoms with Crippen molar-refractivity contribution in [2.75, 3.05) is 18.6 Å². The van der Waals surface area contributed by atoms with Crippen LogP contribution in [0.15, 0.2) is 30.7 Å². The van der Waals surface area contributed by atoms with E-state index in [-0.39, 0.29) is 0 Å². The van der Waals surface area contributed by atoms with Gasteiger partial charge >= 0.3 is 0 Å². The van der Waals surface area contributed by atoms with E-state index < -0.39 is 0 Å². The van der Waals surface area contributed by atoms with Gasteiger partial charge < -0.3 is 9.64 Å². The summed E-state index contributed by atoms with van der Waals surface area (Å²) in [5.74, 6) is 0.676. The average molecular weight is 320 g/mol. The number of pyridine rings is 1. The maximum Gasteiger partial charge on any atom is 0.221 e. The molecule has 122 valence electrons. The van der Waals surface area contributed by atoms with E-state index in [4.69, 9.17) is 4.74 Å². The second-order valence-electron chi connectivity index (χ2n) is 6.21. The summed E-state index contributed by atoms with van der Waals surface area (Å²) in [7, 11) is 1.66. The zero-order chi connectivity index (χ0) is 16.7. The van der Waals surface area contributed by atoms with Crippen LogP contribution >= 0.6 is 0 Å². The topological polar surface area (TPSA) is 51.1 Å². The van der Waals surface area contributed by atoms with E-state index in [1.165, 1.54) is 22.2 Å². The Kier molecular flexibility index (Phi) is 3.56. The Balaban J connectivity index is 1.81. The van der Waals surface area contributed by atoms with Crippen LogP contribution in [0.2, 0.25) is 0 Å². The number of anilines is 1. The van der Waals surface area contributed by atoms with Crippen molar-refractivity contribution in [1.82, 2.24) is 15.0 Å². The number of aryl methyl sites for hydroxylation is 2. The molecule has 4 rings (SSSR count). The fraction of sp³-hybridized carbons (Fsp3) is 0.316. The predicted octanol–water partition coefficient (Wildman–Crippen LogP) is 3.21. The van der Waals surface area contributed by atoms with E-state index in [9.17, 15) is 0 Å².